The highest BCUT2D eigenvalue weighted by Gasteiger charge is 2.03. The van der Waals surface area contributed by atoms with E-state index in [-0.39, 0.29) is 0 Å². The van der Waals surface area contributed by atoms with Crippen LogP contribution in [0, 0.1) is 5.92 Å². The normalized spacial score (nSPS) is 13.0. The molecule has 1 aromatic rings. The molecule has 1 unspecified atom stereocenters. The van der Waals surface area contributed by atoms with Crippen molar-refractivity contribution < 1.29 is 0 Å². The van der Waals surface area contributed by atoms with Crippen LogP contribution in [-0.2, 0) is 6.54 Å². The maximum absolute atomic E-state index is 5.96. The molecule has 3 heteroatoms. The van der Waals surface area contributed by atoms with E-state index >= 15 is 0 Å². The van der Waals surface area contributed by atoms with Gasteiger partial charge in [-0.25, -0.2) is 0 Å². The molecule has 2 N–H and O–H groups in total. The van der Waals surface area contributed by atoms with Gasteiger partial charge in [0, 0.05) is 11.6 Å². The molecule has 0 bridgehead atoms. The topological polar surface area (TPSA) is 29.3 Å². The highest BCUT2D eigenvalue weighted by molar-refractivity contribution is 6.30. The lowest BCUT2D eigenvalue weighted by molar-refractivity contribution is 0.309. The maximum atomic E-state index is 5.96. The van der Waals surface area contributed by atoms with Gasteiger partial charge < -0.3 is 10.6 Å². The second kappa shape index (κ2) is 7.70. The summed E-state index contributed by atoms with van der Waals surface area (Å²) in [5.74, 6) is 0.634. The Bertz CT molecular complexity index is 328. The maximum Gasteiger partial charge on any atom is 0.0409 e. The van der Waals surface area contributed by atoms with Gasteiger partial charge in [0.05, 0.1) is 0 Å². The van der Waals surface area contributed by atoms with Crippen LogP contribution < -0.4 is 5.73 Å². The molecule has 0 radical (unpaired) electrons. The standard InChI is InChI=1S/C14H23ClN2/c1-12(10-16)5-4-8-17(2)11-13-6-3-7-14(15)9-13/h3,6-7,9,12H,4-5,8,10-11,16H2,1-2H3. The van der Waals surface area contributed by atoms with Gasteiger partial charge >= 0.3 is 0 Å². The molecule has 0 aliphatic rings. The quantitative estimate of drug-likeness (QED) is 0.810. The van der Waals surface area contributed by atoms with Crippen LogP contribution in [0.25, 0.3) is 0 Å². The average Bonchev–Trinajstić information content (AvgIpc) is 2.28. The number of rotatable bonds is 7. The molecular weight excluding hydrogens is 232 g/mol. The second-order valence-electron chi connectivity index (χ2n) is 4.85. The zero-order valence-electron chi connectivity index (χ0n) is 10.8. The number of halogens is 1. The van der Waals surface area contributed by atoms with Crippen LogP contribution in [0.1, 0.15) is 25.3 Å². The molecular formula is C14H23ClN2. The summed E-state index contributed by atoms with van der Waals surface area (Å²) in [4.78, 5) is 2.33. The van der Waals surface area contributed by atoms with Crippen molar-refractivity contribution in [2.45, 2.75) is 26.3 Å². The summed E-state index contributed by atoms with van der Waals surface area (Å²) in [5, 5.41) is 0.813. The molecule has 0 amide bonds. The summed E-state index contributed by atoms with van der Waals surface area (Å²) >= 11 is 5.96. The minimum Gasteiger partial charge on any atom is -0.330 e. The van der Waals surface area contributed by atoms with Crippen molar-refractivity contribution >= 4 is 11.6 Å². The second-order valence-corrected chi connectivity index (χ2v) is 5.29. The van der Waals surface area contributed by atoms with Crippen LogP contribution in [0.15, 0.2) is 24.3 Å². The lowest BCUT2D eigenvalue weighted by Gasteiger charge is -2.17. The fraction of sp³-hybridized carbons (Fsp3) is 0.571. The van der Waals surface area contributed by atoms with Gasteiger partial charge in [0.2, 0.25) is 0 Å². The lowest BCUT2D eigenvalue weighted by Crippen LogP contribution is -2.20. The predicted octanol–water partition coefficient (Wildman–Crippen LogP) is 3.15. The van der Waals surface area contributed by atoms with E-state index in [2.05, 4.69) is 24.9 Å². The van der Waals surface area contributed by atoms with E-state index < -0.39 is 0 Å². The molecule has 0 heterocycles. The molecule has 0 saturated heterocycles. The van der Waals surface area contributed by atoms with Gasteiger partial charge in [0.25, 0.3) is 0 Å². The Morgan fingerprint density at radius 1 is 1.41 bits per heavy atom. The number of hydrogen-bond donors (Lipinski definition) is 1. The highest BCUT2D eigenvalue weighted by Crippen LogP contribution is 2.12. The third-order valence-electron chi connectivity index (χ3n) is 2.98. The molecule has 0 saturated carbocycles. The zero-order valence-corrected chi connectivity index (χ0v) is 11.6. The van der Waals surface area contributed by atoms with Gasteiger partial charge in [-0.2, -0.15) is 0 Å². The molecule has 96 valence electrons. The Labute approximate surface area is 110 Å². The summed E-state index contributed by atoms with van der Waals surface area (Å²) in [7, 11) is 2.15. The van der Waals surface area contributed by atoms with Crippen LogP contribution >= 0.6 is 11.6 Å². The first-order valence-electron chi connectivity index (χ1n) is 6.25. The van der Waals surface area contributed by atoms with E-state index in [9.17, 15) is 0 Å². The average molecular weight is 255 g/mol. The molecule has 2 nitrogen and oxygen atoms in total. The summed E-state index contributed by atoms with van der Waals surface area (Å²) in [5.41, 5.74) is 6.87. The minimum atomic E-state index is 0.634. The number of benzene rings is 1. The van der Waals surface area contributed by atoms with Crippen molar-refractivity contribution in [2.75, 3.05) is 20.1 Å². The van der Waals surface area contributed by atoms with Gasteiger partial charge in [-0.15, -0.1) is 0 Å². The number of nitrogens with zero attached hydrogens (tertiary/aromatic N) is 1. The van der Waals surface area contributed by atoms with E-state index in [1.807, 2.05) is 18.2 Å². The van der Waals surface area contributed by atoms with Crippen molar-refractivity contribution in [1.82, 2.24) is 4.90 Å². The Hall–Kier alpha value is -0.570. The van der Waals surface area contributed by atoms with Crippen LogP contribution in [0.5, 0.6) is 0 Å². The fourth-order valence-electron chi connectivity index (χ4n) is 1.85. The summed E-state index contributed by atoms with van der Waals surface area (Å²) < 4.78 is 0. The Morgan fingerprint density at radius 3 is 2.82 bits per heavy atom. The van der Waals surface area contributed by atoms with Crippen LogP contribution in [0.2, 0.25) is 5.02 Å². The van der Waals surface area contributed by atoms with E-state index in [0.717, 1.165) is 24.7 Å². The van der Waals surface area contributed by atoms with E-state index in [4.69, 9.17) is 17.3 Å². The van der Waals surface area contributed by atoms with Gasteiger partial charge in [0.15, 0.2) is 0 Å². The zero-order chi connectivity index (χ0) is 12.7. The van der Waals surface area contributed by atoms with E-state index in [1.54, 1.807) is 0 Å². The van der Waals surface area contributed by atoms with Gasteiger partial charge in [-0.3, -0.25) is 0 Å². The minimum absolute atomic E-state index is 0.634. The summed E-state index contributed by atoms with van der Waals surface area (Å²) in [6.07, 6.45) is 2.41. The lowest BCUT2D eigenvalue weighted by atomic mass is 10.1. The molecule has 0 fully saturated rings. The molecule has 0 spiro atoms. The first kappa shape index (κ1) is 14.5. The third kappa shape index (κ3) is 6.06. The van der Waals surface area contributed by atoms with Crippen molar-refractivity contribution in [1.29, 1.82) is 0 Å². The number of nitrogens with two attached hydrogens (primary N) is 1. The Morgan fingerprint density at radius 2 is 2.18 bits per heavy atom. The molecule has 0 aliphatic heterocycles. The Balaban J connectivity index is 2.27. The largest absolute Gasteiger partial charge is 0.330 e. The highest BCUT2D eigenvalue weighted by atomic mass is 35.5. The molecule has 1 atom stereocenters. The van der Waals surface area contributed by atoms with Crippen LogP contribution in [0.4, 0.5) is 0 Å². The van der Waals surface area contributed by atoms with Crippen molar-refractivity contribution in [3.05, 3.63) is 34.9 Å². The Kier molecular flexibility index (Phi) is 6.56. The van der Waals surface area contributed by atoms with Gasteiger partial charge in [-0.1, -0.05) is 30.7 Å². The first-order chi connectivity index (χ1) is 8.11. The summed E-state index contributed by atoms with van der Waals surface area (Å²) in [6.45, 7) is 5.06. The smallest absolute Gasteiger partial charge is 0.0409 e. The molecule has 1 rings (SSSR count). The fourth-order valence-corrected chi connectivity index (χ4v) is 2.07. The number of hydrogen-bond acceptors (Lipinski definition) is 2. The third-order valence-corrected chi connectivity index (χ3v) is 3.22. The molecule has 0 aromatic heterocycles. The van der Waals surface area contributed by atoms with Crippen molar-refractivity contribution in [3.63, 3.8) is 0 Å². The molecule has 1 aromatic carbocycles. The van der Waals surface area contributed by atoms with Crippen molar-refractivity contribution in [3.8, 4) is 0 Å². The van der Waals surface area contributed by atoms with E-state index in [0.29, 0.717) is 5.92 Å². The van der Waals surface area contributed by atoms with Gasteiger partial charge in [0.1, 0.15) is 0 Å². The van der Waals surface area contributed by atoms with Crippen LogP contribution in [-0.4, -0.2) is 25.0 Å². The SMILES string of the molecule is CC(CN)CCCN(C)Cc1cccc(Cl)c1. The molecule has 0 aliphatic carbocycles. The van der Waals surface area contributed by atoms with Crippen molar-refractivity contribution in [2.24, 2.45) is 11.7 Å². The van der Waals surface area contributed by atoms with Gasteiger partial charge in [-0.05, 0) is 56.6 Å². The first-order valence-corrected chi connectivity index (χ1v) is 6.62. The van der Waals surface area contributed by atoms with E-state index in [1.165, 1.54) is 18.4 Å². The van der Waals surface area contributed by atoms with Crippen LogP contribution in [0.3, 0.4) is 0 Å². The predicted molar refractivity (Wildman–Crippen MR) is 75.2 cm³/mol. The monoisotopic (exact) mass is 254 g/mol. The molecule has 17 heavy (non-hydrogen) atoms. The summed E-state index contributed by atoms with van der Waals surface area (Å²) in [6, 6.07) is 8.06.